The number of hydrogen-bond acceptors (Lipinski definition) is 2. The average molecular weight is 283 g/mol. The molecule has 1 unspecified atom stereocenters. The molecule has 3 nitrogen and oxygen atoms in total. The molecular weight excluding hydrogens is 262 g/mol. The molecular formula is C18H21NO2. The monoisotopic (exact) mass is 283 g/mol. The zero-order valence-electron chi connectivity index (χ0n) is 12.3. The van der Waals surface area contributed by atoms with E-state index >= 15 is 0 Å². The molecule has 2 rings (SSSR count). The van der Waals surface area contributed by atoms with Crippen molar-refractivity contribution >= 4 is 5.97 Å². The number of nitrogens with two attached hydrogens (primary N) is 1. The van der Waals surface area contributed by atoms with Gasteiger partial charge in [-0.25, -0.2) is 0 Å². The molecule has 0 aliphatic carbocycles. The third-order valence-electron chi connectivity index (χ3n) is 4.01. The summed E-state index contributed by atoms with van der Waals surface area (Å²) in [6, 6.07) is 17.5. The van der Waals surface area contributed by atoms with Crippen LogP contribution in [0.25, 0.3) is 0 Å². The van der Waals surface area contributed by atoms with Gasteiger partial charge in [0.1, 0.15) is 5.41 Å². The van der Waals surface area contributed by atoms with Gasteiger partial charge in [-0.1, -0.05) is 60.2 Å². The predicted octanol–water partition coefficient (Wildman–Crippen LogP) is 2.91. The predicted molar refractivity (Wildman–Crippen MR) is 84.3 cm³/mol. The summed E-state index contributed by atoms with van der Waals surface area (Å²) in [4.78, 5) is 11.9. The summed E-state index contributed by atoms with van der Waals surface area (Å²) in [5.41, 5.74) is 7.81. The lowest BCUT2D eigenvalue weighted by atomic mass is 9.75. The molecule has 0 amide bonds. The normalized spacial score (nSPS) is 13.6. The van der Waals surface area contributed by atoms with Gasteiger partial charge in [-0.15, -0.1) is 0 Å². The van der Waals surface area contributed by atoms with Crippen LogP contribution in [0, 0.1) is 6.92 Å². The summed E-state index contributed by atoms with van der Waals surface area (Å²) >= 11 is 0. The zero-order valence-corrected chi connectivity index (χ0v) is 12.3. The highest BCUT2D eigenvalue weighted by molar-refractivity contribution is 5.82. The van der Waals surface area contributed by atoms with E-state index in [0.29, 0.717) is 12.8 Å². The van der Waals surface area contributed by atoms with E-state index in [1.165, 1.54) is 0 Å². The Labute approximate surface area is 125 Å². The minimum Gasteiger partial charge on any atom is -0.481 e. The summed E-state index contributed by atoms with van der Waals surface area (Å²) in [5.74, 6) is -0.855. The number of carboxylic acids is 1. The number of aryl methyl sites for hydroxylation is 2. The van der Waals surface area contributed by atoms with Crippen LogP contribution in [0.2, 0.25) is 0 Å². The van der Waals surface area contributed by atoms with E-state index in [9.17, 15) is 9.90 Å². The summed E-state index contributed by atoms with van der Waals surface area (Å²) in [5, 5.41) is 9.77. The van der Waals surface area contributed by atoms with Gasteiger partial charge >= 0.3 is 5.97 Å². The van der Waals surface area contributed by atoms with Crippen LogP contribution in [-0.2, 0) is 16.6 Å². The highest BCUT2D eigenvalue weighted by Crippen LogP contribution is 2.30. The van der Waals surface area contributed by atoms with Crippen LogP contribution in [-0.4, -0.2) is 17.6 Å². The number of benzene rings is 2. The summed E-state index contributed by atoms with van der Waals surface area (Å²) in [7, 11) is 0. The van der Waals surface area contributed by atoms with Crippen molar-refractivity contribution in [1.82, 2.24) is 0 Å². The fourth-order valence-electron chi connectivity index (χ4n) is 2.63. The molecule has 0 aliphatic rings. The molecule has 2 aromatic rings. The lowest BCUT2D eigenvalue weighted by Crippen LogP contribution is -2.43. The number of carboxylic acid groups (broad SMARTS) is 1. The molecule has 110 valence electrons. The minimum absolute atomic E-state index is 0.0959. The van der Waals surface area contributed by atoms with Gasteiger partial charge in [0, 0.05) is 6.54 Å². The van der Waals surface area contributed by atoms with Crippen molar-refractivity contribution in [3.05, 3.63) is 71.3 Å². The van der Waals surface area contributed by atoms with Crippen LogP contribution in [0.3, 0.4) is 0 Å². The molecule has 3 heteroatoms. The fourth-order valence-corrected chi connectivity index (χ4v) is 2.63. The van der Waals surface area contributed by atoms with Crippen LogP contribution in [0.15, 0.2) is 54.6 Å². The first kappa shape index (κ1) is 15.3. The van der Waals surface area contributed by atoms with Gasteiger partial charge < -0.3 is 10.8 Å². The Morgan fingerprint density at radius 3 is 2.43 bits per heavy atom. The first-order valence-electron chi connectivity index (χ1n) is 7.13. The van der Waals surface area contributed by atoms with E-state index < -0.39 is 11.4 Å². The molecule has 1 atom stereocenters. The zero-order chi connectivity index (χ0) is 15.3. The Hall–Kier alpha value is -2.13. The Balaban J connectivity index is 2.31. The quantitative estimate of drug-likeness (QED) is 0.856. The third kappa shape index (κ3) is 3.31. The summed E-state index contributed by atoms with van der Waals surface area (Å²) in [6.07, 6.45) is 1.19. The molecule has 0 aromatic heterocycles. The van der Waals surface area contributed by atoms with E-state index in [4.69, 9.17) is 5.73 Å². The lowest BCUT2D eigenvalue weighted by molar-refractivity contribution is -0.143. The van der Waals surface area contributed by atoms with Crippen LogP contribution < -0.4 is 5.73 Å². The summed E-state index contributed by atoms with van der Waals surface area (Å²) in [6.45, 7) is 2.06. The Morgan fingerprint density at radius 2 is 1.86 bits per heavy atom. The first-order valence-corrected chi connectivity index (χ1v) is 7.13. The molecule has 3 N–H and O–H groups in total. The molecule has 0 radical (unpaired) electrons. The molecule has 0 fully saturated rings. The number of carbonyl (C=O) groups is 1. The van der Waals surface area contributed by atoms with Crippen LogP contribution in [0.4, 0.5) is 0 Å². The smallest absolute Gasteiger partial charge is 0.315 e. The van der Waals surface area contributed by atoms with E-state index in [1.807, 2.05) is 61.5 Å². The van der Waals surface area contributed by atoms with Gasteiger partial charge in [0.15, 0.2) is 0 Å². The van der Waals surface area contributed by atoms with Crippen LogP contribution >= 0.6 is 0 Å². The van der Waals surface area contributed by atoms with Gasteiger partial charge in [-0.05, 0) is 30.9 Å². The minimum atomic E-state index is -1.03. The molecule has 21 heavy (non-hydrogen) atoms. The van der Waals surface area contributed by atoms with Gasteiger partial charge in [0.2, 0.25) is 0 Å². The maximum atomic E-state index is 11.9. The maximum Gasteiger partial charge on any atom is 0.315 e. The van der Waals surface area contributed by atoms with E-state index in [-0.39, 0.29) is 6.54 Å². The van der Waals surface area contributed by atoms with E-state index in [0.717, 1.165) is 16.7 Å². The standard InChI is InChI=1S/C18H21NO2/c1-14-6-5-9-16(12-14)18(13-19,17(20)21)11-10-15-7-3-2-4-8-15/h2-9,12H,10-11,13,19H2,1H3,(H,20,21). The lowest BCUT2D eigenvalue weighted by Gasteiger charge is -2.29. The van der Waals surface area contributed by atoms with Crippen molar-refractivity contribution in [3.63, 3.8) is 0 Å². The van der Waals surface area contributed by atoms with E-state index in [1.54, 1.807) is 0 Å². The second-order valence-corrected chi connectivity index (χ2v) is 5.45. The van der Waals surface area contributed by atoms with Crippen LogP contribution in [0.1, 0.15) is 23.1 Å². The van der Waals surface area contributed by atoms with Crippen molar-refractivity contribution in [2.75, 3.05) is 6.54 Å². The van der Waals surface area contributed by atoms with Gasteiger partial charge in [0.05, 0.1) is 0 Å². The van der Waals surface area contributed by atoms with Gasteiger partial charge in [-0.2, -0.15) is 0 Å². The second kappa shape index (κ2) is 6.55. The van der Waals surface area contributed by atoms with Crippen molar-refractivity contribution in [2.24, 2.45) is 5.73 Å². The molecule has 0 aliphatic heterocycles. The number of aliphatic carboxylic acids is 1. The van der Waals surface area contributed by atoms with Gasteiger partial charge in [-0.3, -0.25) is 4.79 Å². The van der Waals surface area contributed by atoms with Crippen molar-refractivity contribution in [1.29, 1.82) is 0 Å². The SMILES string of the molecule is Cc1cccc(C(CN)(CCc2ccccc2)C(=O)O)c1. The highest BCUT2D eigenvalue weighted by atomic mass is 16.4. The van der Waals surface area contributed by atoms with Crippen molar-refractivity contribution < 1.29 is 9.90 Å². The second-order valence-electron chi connectivity index (χ2n) is 5.45. The topological polar surface area (TPSA) is 63.3 Å². The molecule has 0 saturated carbocycles. The number of hydrogen-bond donors (Lipinski definition) is 2. The van der Waals surface area contributed by atoms with Gasteiger partial charge in [0.25, 0.3) is 0 Å². The Bertz CT molecular complexity index is 610. The third-order valence-corrected chi connectivity index (χ3v) is 4.01. The molecule has 0 saturated heterocycles. The maximum absolute atomic E-state index is 11.9. The average Bonchev–Trinajstić information content (AvgIpc) is 2.49. The Kier molecular flexibility index (Phi) is 4.76. The molecule has 2 aromatic carbocycles. The molecule has 0 spiro atoms. The largest absolute Gasteiger partial charge is 0.481 e. The Morgan fingerprint density at radius 1 is 1.14 bits per heavy atom. The fraction of sp³-hybridized carbons (Fsp3) is 0.278. The highest BCUT2D eigenvalue weighted by Gasteiger charge is 2.38. The molecule has 0 heterocycles. The first-order chi connectivity index (χ1) is 10.1. The van der Waals surface area contributed by atoms with Crippen molar-refractivity contribution in [3.8, 4) is 0 Å². The van der Waals surface area contributed by atoms with E-state index in [2.05, 4.69) is 0 Å². The van der Waals surface area contributed by atoms with Crippen LogP contribution in [0.5, 0.6) is 0 Å². The summed E-state index contributed by atoms with van der Waals surface area (Å²) < 4.78 is 0. The van der Waals surface area contributed by atoms with Crippen molar-refractivity contribution in [2.45, 2.75) is 25.2 Å². The molecule has 0 bridgehead atoms. The number of rotatable bonds is 6.